The van der Waals surface area contributed by atoms with Crippen LogP contribution in [0.5, 0.6) is 0 Å². The van der Waals surface area contributed by atoms with Crippen LogP contribution in [0.25, 0.3) is 0 Å². The number of nitrogens with zero attached hydrogens (tertiary/aromatic N) is 1. The number of rotatable bonds is 6. The van der Waals surface area contributed by atoms with Gasteiger partial charge in [-0.3, -0.25) is 4.90 Å². The predicted molar refractivity (Wildman–Crippen MR) is 87.9 cm³/mol. The van der Waals surface area contributed by atoms with E-state index in [9.17, 15) is 0 Å². The van der Waals surface area contributed by atoms with Crippen molar-refractivity contribution in [2.75, 3.05) is 13.6 Å². The molecule has 3 heteroatoms. The zero-order chi connectivity index (χ0) is 15.5. The maximum Gasteiger partial charge on any atom is 0.0947 e. The summed E-state index contributed by atoms with van der Waals surface area (Å²) < 4.78 is 5.20. The summed E-state index contributed by atoms with van der Waals surface area (Å²) in [6, 6.07) is 2.65. The van der Waals surface area contributed by atoms with E-state index in [1.54, 1.807) is 6.26 Å². The molecule has 3 unspecified atom stereocenters. The highest BCUT2D eigenvalue weighted by molar-refractivity contribution is 5.05. The van der Waals surface area contributed by atoms with Gasteiger partial charge in [0.2, 0.25) is 0 Å². The Kier molecular flexibility index (Phi) is 5.50. The number of hydrogen-bond acceptors (Lipinski definition) is 3. The van der Waals surface area contributed by atoms with Crippen molar-refractivity contribution in [2.24, 2.45) is 23.0 Å². The van der Waals surface area contributed by atoms with Crippen LogP contribution in [0.15, 0.2) is 23.0 Å². The largest absolute Gasteiger partial charge is 0.472 e. The maximum atomic E-state index is 6.05. The van der Waals surface area contributed by atoms with E-state index >= 15 is 0 Å². The smallest absolute Gasteiger partial charge is 0.0947 e. The van der Waals surface area contributed by atoms with E-state index in [-0.39, 0.29) is 0 Å². The van der Waals surface area contributed by atoms with Crippen LogP contribution in [0.1, 0.15) is 52.0 Å². The van der Waals surface area contributed by atoms with Gasteiger partial charge in [-0.15, -0.1) is 0 Å². The van der Waals surface area contributed by atoms with Gasteiger partial charge >= 0.3 is 0 Å². The lowest BCUT2D eigenvalue weighted by Gasteiger charge is -2.46. The molecule has 1 fully saturated rings. The van der Waals surface area contributed by atoms with E-state index in [0.29, 0.717) is 17.4 Å². The Morgan fingerprint density at radius 3 is 2.71 bits per heavy atom. The number of hydrogen-bond donors (Lipinski definition) is 1. The summed E-state index contributed by atoms with van der Waals surface area (Å²) >= 11 is 0. The van der Waals surface area contributed by atoms with E-state index < -0.39 is 0 Å². The second-order valence-corrected chi connectivity index (χ2v) is 7.46. The Labute approximate surface area is 129 Å². The summed E-state index contributed by atoms with van der Waals surface area (Å²) in [4.78, 5) is 2.49. The molecular formula is C18H32N2O. The van der Waals surface area contributed by atoms with Crippen LogP contribution >= 0.6 is 0 Å². The van der Waals surface area contributed by atoms with Crippen molar-refractivity contribution >= 4 is 0 Å². The molecule has 2 N–H and O–H groups in total. The van der Waals surface area contributed by atoms with Crippen LogP contribution in [-0.4, -0.2) is 24.5 Å². The number of furan rings is 1. The Hall–Kier alpha value is -0.800. The van der Waals surface area contributed by atoms with Crippen molar-refractivity contribution in [2.45, 2.75) is 59.0 Å². The quantitative estimate of drug-likeness (QED) is 0.865. The lowest BCUT2D eigenvalue weighted by Crippen LogP contribution is -2.47. The van der Waals surface area contributed by atoms with Gasteiger partial charge in [-0.1, -0.05) is 27.2 Å². The van der Waals surface area contributed by atoms with Gasteiger partial charge in [0.15, 0.2) is 0 Å². The average molecular weight is 292 g/mol. The zero-order valence-corrected chi connectivity index (χ0v) is 14.1. The lowest BCUT2D eigenvalue weighted by atomic mass is 9.65. The molecule has 21 heavy (non-hydrogen) atoms. The van der Waals surface area contributed by atoms with Gasteiger partial charge < -0.3 is 10.2 Å². The molecule has 120 valence electrons. The molecule has 0 saturated heterocycles. The third-order valence-electron chi connectivity index (χ3n) is 5.85. The molecule has 0 aromatic carbocycles. The SMILES string of the molecule is CCC(C)(C)C1CCC(CN)C(N(C)Cc2ccoc2)C1. The van der Waals surface area contributed by atoms with Crippen LogP contribution in [0, 0.1) is 17.3 Å². The first kappa shape index (κ1) is 16.6. The summed E-state index contributed by atoms with van der Waals surface area (Å²) in [6.07, 6.45) is 8.74. The molecule has 3 atom stereocenters. The first-order chi connectivity index (χ1) is 9.97. The molecule has 0 bridgehead atoms. The molecule has 1 heterocycles. The Morgan fingerprint density at radius 1 is 1.38 bits per heavy atom. The highest BCUT2D eigenvalue weighted by atomic mass is 16.3. The predicted octanol–water partition coefficient (Wildman–Crippen LogP) is 3.89. The van der Waals surface area contributed by atoms with Crippen LogP contribution in [0.3, 0.4) is 0 Å². The molecule has 1 saturated carbocycles. The summed E-state index contributed by atoms with van der Waals surface area (Å²) in [7, 11) is 2.24. The molecule has 0 spiro atoms. The third kappa shape index (κ3) is 3.89. The van der Waals surface area contributed by atoms with E-state index in [4.69, 9.17) is 10.2 Å². The molecule has 0 aliphatic heterocycles. The van der Waals surface area contributed by atoms with E-state index in [0.717, 1.165) is 19.0 Å². The summed E-state index contributed by atoms with van der Waals surface area (Å²) in [5, 5.41) is 0. The van der Waals surface area contributed by atoms with Crippen LogP contribution < -0.4 is 5.73 Å². The maximum absolute atomic E-state index is 6.05. The molecule has 0 radical (unpaired) electrons. The minimum absolute atomic E-state index is 0.439. The third-order valence-corrected chi connectivity index (χ3v) is 5.85. The Balaban J connectivity index is 2.05. The van der Waals surface area contributed by atoms with Crippen molar-refractivity contribution in [3.05, 3.63) is 24.2 Å². The van der Waals surface area contributed by atoms with Gasteiger partial charge in [0, 0.05) is 18.2 Å². The van der Waals surface area contributed by atoms with Gasteiger partial charge in [0.05, 0.1) is 12.5 Å². The summed E-state index contributed by atoms with van der Waals surface area (Å²) in [5.41, 5.74) is 7.74. The Bertz CT molecular complexity index is 413. The fourth-order valence-corrected chi connectivity index (χ4v) is 3.81. The highest BCUT2D eigenvalue weighted by Crippen LogP contribution is 2.43. The molecule has 1 aliphatic rings. The monoisotopic (exact) mass is 292 g/mol. The van der Waals surface area contributed by atoms with Crippen molar-refractivity contribution in [1.29, 1.82) is 0 Å². The lowest BCUT2D eigenvalue weighted by molar-refractivity contribution is 0.0467. The van der Waals surface area contributed by atoms with E-state index in [1.807, 2.05) is 6.26 Å². The molecular weight excluding hydrogens is 260 g/mol. The van der Waals surface area contributed by atoms with Crippen molar-refractivity contribution in [3.63, 3.8) is 0 Å². The Morgan fingerprint density at radius 2 is 2.14 bits per heavy atom. The van der Waals surface area contributed by atoms with Crippen LogP contribution in [0.4, 0.5) is 0 Å². The minimum Gasteiger partial charge on any atom is -0.472 e. The van der Waals surface area contributed by atoms with Crippen LogP contribution in [-0.2, 0) is 6.54 Å². The molecule has 1 aromatic rings. The van der Waals surface area contributed by atoms with Gasteiger partial charge in [0.25, 0.3) is 0 Å². The van der Waals surface area contributed by atoms with Gasteiger partial charge in [-0.2, -0.15) is 0 Å². The fraction of sp³-hybridized carbons (Fsp3) is 0.778. The first-order valence-corrected chi connectivity index (χ1v) is 8.39. The first-order valence-electron chi connectivity index (χ1n) is 8.39. The molecule has 3 nitrogen and oxygen atoms in total. The van der Waals surface area contributed by atoms with Crippen LogP contribution in [0.2, 0.25) is 0 Å². The minimum atomic E-state index is 0.439. The topological polar surface area (TPSA) is 42.4 Å². The summed E-state index contributed by atoms with van der Waals surface area (Å²) in [6.45, 7) is 8.93. The second kappa shape index (κ2) is 6.97. The van der Waals surface area contributed by atoms with E-state index in [2.05, 4.69) is 38.8 Å². The fourth-order valence-electron chi connectivity index (χ4n) is 3.81. The van der Waals surface area contributed by atoms with Crippen molar-refractivity contribution in [3.8, 4) is 0 Å². The molecule has 2 rings (SSSR count). The van der Waals surface area contributed by atoms with Gasteiger partial charge in [0.1, 0.15) is 0 Å². The summed E-state index contributed by atoms with van der Waals surface area (Å²) in [5.74, 6) is 1.44. The normalized spacial score (nSPS) is 27.2. The standard InChI is InChI=1S/C18H32N2O/c1-5-18(2,3)16-7-6-15(11-19)17(10-16)20(4)12-14-8-9-21-13-14/h8-9,13,15-17H,5-7,10-12,19H2,1-4H3. The van der Waals surface area contributed by atoms with Crippen molar-refractivity contribution < 1.29 is 4.42 Å². The van der Waals surface area contributed by atoms with Gasteiger partial charge in [-0.25, -0.2) is 0 Å². The second-order valence-electron chi connectivity index (χ2n) is 7.46. The van der Waals surface area contributed by atoms with Gasteiger partial charge in [-0.05, 0) is 56.2 Å². The molecule has 1 aromatic heterocycles. The highest BCUT2D eigenvalue weighted by Gasteiger charge is 2.38. The van der Waals surface area contributed by atoms with E-state index in [1.165, 1.54) is 31.2 Å². The molecule has 0 amide bonds. The average Bonchev–Trinajstić information content (AvgIpc) is 2.99. The number of nitrogens with two attached hydrogens (primary N) is 1. The zero-order valence-electron chi connectivity index (χ0n) is 14.1. The van der Waals surface area contributed by atoms with Crippen molar-refractivity contribution in [1.82, 2.24) is 4.90 Å². The molecule has 1 aliphatic carbocycles.